The molecule has 1 aromatic carbocycles. The molecule has 3 nitrogen and oxygen atoms in total. The van der Waals surface area contributed by atoms with Gasteiger partial charge < -0.3 is 15.2 Å². The second-order valence-electron chi connectivity index (χ2n) is 5.23. The third kappa shape index (κ3) is 2.47. The van der Waals surface area contributed by atoms with E-state index in [4.69, 9.17) is 15.2 Å². The molecule has 0 saturated heterocycles. The lowest BCUT2D eigenvalue weighted by molar-refractivity contribution is 0.177. The van der Waals surface area contributed by atoms with Crippen molar-refractivity contribution in [1.82, 2.24) is 0 Å². The van der Waals surface area contributed by atoms with Gasteiger partial charge in [-0.3, -0.25) is 0 Å². The predicted molar refractivity (Wildman–Crippen MR) is 72.9 cm³/mol. The maximum atomic E-state index is 14.8. The molecule has 106 valence electrons. The fourth-order valence-corrected chi connectivity index (χ4v) is 3.12. The van der Waals surface area contributed by atoms with Gasteiger partial charge in [0, 0.05) is 19.1 Å². The third-order valence-corrected chi connectivity index (χ3v) is 4.23. The van der Waals surface area contributed by atoms with Crippen LogP contribution in [0.2, 0.25) is 0 Å². The lowest BCUT2D eigenvalue weighted by Crippen LogP contribution is -2.33. The van der Waals surface area contributed by atoms with Crippen LogP contribution < -0.4 is 10.5 Å². The highest BCUT2D eigenvalue weighted by atomic mass is 19.1. The van der Waals surface area contributed by atoms with Gasteiger partial charge in [-0.2, -0.15) is 0 Å². The molecular weight excluding hydrogens is 245 g/mol. The normalized spacial score (nSPS) is 17.7. The Morgan fingerprint density at radius 1 is 1.26 bits per heavy atom. The molecule has 2 rings (SSSR count). The first-order valence-corrected chi connectivity index (χ1v) is 6.73. The topological polar surface area (TPSA) is 44.5 Å². The van der Waals surface area contributed by atoms with Crippen molar-refractivity contribution in [2.75, 3.05) is 20.8 Å². The van der Waals surface area contributed by atoms with Crippen LogP contribution in [0.1, 0.15) is 36.8 Å². The lowest BCUT2D eigenvalue weighted by Gasteiger charge is -2.29. The smallest absolute Gasteiger partial charge is 0.136 e. The summed E-state index contributed by atoms with van der Waals surface area (Å²) < 4.78 is 25.1. The van der Waals surface area contributed by atoms with Gasteiger partial charge in [0.2, 0.25) is 0 Å². The Hall–Kier alpha value is -1.13. The molecule has 0 atom stereocenters. The second kappa shape index (κ2) is 5.88. The summed E-state index contributed by atoms with van der Waals surface area (Å²) in [5, 5.41) is 0. The largest absolute Gasteiger partial charge is 0.496 e. The van der Waals surface area contributed by atoms with Crippen LogP contribution in [0.25, 0.3) is 0 Å². The highest BCUT2D eigenvalue weighted by molar-refractivity contribution is 5.42. The van der Waals surface area contributed by atoms with Crippen molar-refractivity contribution < 1.29 is 13.9 Å². The lowest BCUT2D eigenvalue weighted by atomic mass is 9.78. The molecule has 1 saturated carbocycles. The number of ether oxygens (including phenoxy) is 2. The molecule has 1 fully saturated rings. The SMILES string of the molecule is COCc1c(OC)ccc(C2(CN)CCCC2)c1F. The molecule has 0 amide bonds. The molecule has 4 heteroatoms. The van der Waals surface area contributed by atoms with E-state index < -0.39 is 0 Å². The zero-order valence-corrected chi connectivity index (χ0v) is 11.7. The van der Waals surface area contributed by atoms with Gasteiger partial charge in [-0.1, -0.05) is 18.9 Å². The molecule has 0 aliphatic heterocycles. The third-order valence-electron chi connectivity index (χ3n) is 4.23. The summed E-state index contributed by atoms with van der Waals surface area (Å²) in [4.78, 5) is 0. The summed E-state index contributed by atoms with van der Waals surface area (Å²) in [6.45, 7) is 0.701. The van der Waals surface area contributed by atoms with Gasteiger partial charge in [0.1, 0.15) is 11.6 Å². The monoisotopic (exact) mass is 267 g/mol. The average molecular weight is 267 g/mol. The first-order chi connectivity index (χ1) is 9.18. The van der Waals surface area contributed by atoms with Crippen LogP contribution in [0.15, 0.2) is 12.1 Å². The van der Waals surface area contributed by atoms with Crippen LogP contribution in [-0.4, -0.2) is 20.8 Å². The molecule has 1 aliphatic carbocycles. The van der Waals surface area contributed by atoms with E-state index in [0.717, 1.165) is 31.2 Å². The van der Waals surface area contributed by atoms with Crippen LogP contribution in [0, 0.1) is 5.82 Å². The van der Waals surface area contributed by atoms with Crippen molar-refractivity contribution in [2.24, 2.45) is 5.73 Å². The minimum Gasteiger partial charge on any atom is -0.496 e. The van der Waals surface area contributed by atoms with E-state index >= 15 is 0 Å². The Kier molecular flexibility index (Phi) is 4.42. The van der Waals surface area contributed by atoms with Crippen molar-refractivity contribution in [3.8, 4) is 5.75 Å². The van der Waals surface area contributed by atoms with E-state index in [1.165, 1.54) is 0 Å². The quantitative estimate of drug-likeness (QED) is 0.892. The Labute approximate surface area is 113 Å². The summed E-state index contributed by atoms with van der Waals surface area (Å²) in [6.07, 6.45) is 4.14. The molecule has 0 heterocycles. The van der Waals surface area contributed by atoms with Gasteiger partial charge in [0.05, 0.1) is 19.3 Å². The number of halogens is 1. The molecule has 0 bridgehead atoms. The van der Waals surface area contributed by atoms with Gasteiger partial charge in [0.25, 0.3) is 0 Å². The fraction of sp³-hybridized carbons (Fsp3) is 0.600. The van der Waals surface area contributed by atoms with Gasteiger partial charge in [0.15, 0.2) is 0 Å². The first kappa shape index (κ1) is 14.3. The van der Waals surface area contributed by atoms with Crippen molar-refractivity contribution in [2.45, 2.75) is 37.7 Å². The predicted octanol–water partition coefficient (Wildman–Crippen LogP) is 2.75. The van der Waals surface area contributed by atoms with Gasteiger partial charge in [-0.15, -0.1) is 0 Å². The molecule has 0 spiro atoms. The fourth-order valence-electron chi connectivity index (χ4n) is 3.12. The summed E-state index contributed by atoms with van der Waals surface area (Å²) in [7, 11) is 3.10. The zero-order chi connectivity index (χ0) is 13.9. The van der Waals surface area contributed by atoms with Gasteiger partial charge in [-0.25, -0.2) is 4.39 Å². The Morgan fingerprint density at radius 2 is 1.95 bits per heavy atom. The number of benzene rings is 1. The van der Waals surface area contributed by atoms with E-state index in [2.05, 4.69) is 0 Å². The number of rotatable bonds is 5. The van der Waals surface area contributed by atoms with Crippen molar-refractivity contribution in [1.29, 1.82) is 0 Å². The molecule has 0 radical (unpaired) electrons. The summed E-state index contributed by atoms with van der Waals surface area (Å²) in [5.41, 5.74) is 6.94. The molecular formula is C15H22FNO2. The molecule has 19 heavy (non-hydrogen) atoms. The van der Waals surface area contributed by atoms with E-state index in [1.54, 1.807) is 14.2 Å². The maximum absolute atomic E-state index is 14.8. The Balaban J connectivity index is 2.49. The zero-order valence-electron chi connectivity index (χ0n) is 11.7. The summed E-state index contributed by atoms with van der Waals surface area (Å²) >= 11 is 0. The molecule has 1 aliphatic rings. The van der Waals surface area contributed by atoms with Crippen LogP contribution in [-0.2, 0) is 16.8 Å². The minimum atomic E-state index is -0.214. The number of methoxy groups -OCH3 is 2. The van der Waals surface area contributed by atoms with E-state index in [-0.39, 0.29) is 17.8 Å². The van der Waals surface area contributed by atoms with E-state index in [9.17, 15) is 4.39 Å². The van der Waals surface area contributed by atoms with Crippen molar-refractivity contribution >= 4 is 0 Å². The van der Waals surface area contributed by atoms with E-state index in [0.29, 0.717) is 17.9 Å². The van der Waals surface area contributed by atoms with Crippen molar-refractivity contribution in [3.63, 3.8) is 0 Å². The van der Waals surface area contributed by atoms with Crippen LogP contribution in [0.5, 0.6) is 5.75 Å². The number of hydrogen-bond acceptors (Lipinski definition) is 3. The molecule has 0 unspecified atom stereocenters. The molecule has 2 N–H and O–H groups in total. The van der Waals surface area contributed by atoms with Crippen molar-refractivity contribution in [3.05, 3.63) is 29.1 Å². The number of hydrogen-bond donors (Lipinski definition) is 1. The molecule has 0 aromatic heterocycles. The maximum Gasteiger partial charge on any atom is 0.136 e. The second-order valence-corrected chi connectivity index (χ2v) is 5.23. The minimum absolute atomic E-state index is 0.209. The van der Waals surface area contributed by atoms with Crippen LogP contribution >= 0.6 is 0 Å². The molecule has 1 aromatic rings. The van der Waals surface area contributed by atoms with Gasteiger partial charge in [-0.05, 0) is 24.5 Å². The Morgan fingerprint density at radius 3 is 2.47 bits per heavy atom. The number of nitrogens with two attached hydrogens (primary N) is 1. The first-order valence-electron chi connectivity index (χ1n) is 6.73. The summed E-state index contributed by atoms with van der Waals surface area (Å²) in [6, 6.07) is 3.65. The highest BCUT2D eigenvalue weighted by Crippen LogP contribution is 2.43. The average Bonchev–Trinajstić information content (AvgIpc) is 2.91. The summed E-state index contributed by atoms with van der Waals surface area (Å²) in [5.74, 6) is 0.321. The van der Waals surface area contributed by atoms with Gasteiger partial charge >= 0.3 is 0 Å². The standard InChI is InChI=1S/C15H22FNO2/c1-18-9-11-13(19-2)6-5-12(14(11)16)15(10-17)7-3-4-8-15/h5-6H,3-4,7-10,17H2,1-2H3. The van der Waals surface area contributed by atoms with Crippen LogP contribution in [0.4, 0.5) is 4.39 Å². The van der Waals surface area contributed by atoms with E-state index in [1.807, 2.05) is 12.1 Å². The van der Waals surface area contributed by atoms with Crippen LogP contribution in [0.3, 0.4) is 0 Å². The highest BCUT2D eigenvalue weighted by Gasteiger charge is 2.37. The Bertz CT molecular complexity index is 442.